The van der Waals surface area contributed by atoms with Gasteiger partial charge in [0.1, 0.15) is 0 Å². The molecule has 0 aliphatic carbocycles. The average molecular weight is 171 g/mol. The summed E-state index contributed by atoms with van der Waals surface area (Å²) < 4.78 is 0. The maximum Gasteiger partial charge on any atom is 0.152 e. The second-order valence-corrected chi connectivity index (χ2v) is 4.03. The van der Waals surface area contributed by atoms with Gasteiger partial charge in [-0.2, -0.15) is 0 Å². The Labute approximate surface area is 75.7 Å². The van der Waals surface area contributed by atoms with Gasteiger partial charge in [-0.05, 0) is 19.4 Å². The lowest BCUT2D eigenvalue weighted by Crippen LogP contribution is -2.37. The third-order valence-electron chi connectivity index (χ3n) is 1.97. The Morgan fingerprint density at radius 2 is 1.75 bits per heavy atom. The standard InChI is InChI=1S/C10H21NO/c1-7(2)6-9(11-5)10(12)8(3)4/h7-9,11H,6H2,1-5H3/t9-/m1/s1. The first-order valence-corrected chi connectivity index (χ1v) is 4.70. The molecular weight excluding hydrogens is 150 g/mol. The highest BCUT2D eigenvalue weighted by atomic mass is 16.1. The normalized spacial score (nSPS) is 13.9. The van der Waals surface area contributed by atoms with Crippen molar-refractivity contribution in [3.8, 4) is 0 Å². The van der Waals surface area contributed by atoms with Crippen LogP contribution in [0.4, 0.5) is 0 Å². The molecule has 0 aromatic carbocycles. The Morgan fingerprint density at radius 1 is 1.25 bits per heavy atom. The molecule has 0 saturated carbocycles. The van der Waals surface area contributed by atoms with E-state index < -0.39 is 0 Å². The fourth-order valence-electron chi connectivity index (χ4n) is 1.25. The van der Waals surface area contributed by atoms with Crippen LogP contribution in [0.3, 0.4) is 0 Å². The van der Waals surface area contributed by atoms with E-state index in [-0.39, 0.29) is 12.0 Å². The lowest BCUT2D eigenvalue weighted by atomic mass is 9.94. The minimum atomic E-state index is 0.0463. The smallest absolute Gasteiger partial charge is 0.152 e. The summed E-state index contributed by atoms with van der Waals surface area (Å²) >= 11 is 0. The quantitative estimate of drug-likeness (QED) is 0.684. The lowest BCUT2D eigenvalue weighted by Gasteiger charge is -2.18. The summed E-state index contributed by atoms with van der Waals surface area (Å²) in [6, 6.07) is 0.0463. The summed E-state index contributed by atoms with van der Waals surface area (Å²) in [5.41, 5.74) is 0. The molecule has 0 heterocycles. The van der Waals surface area contributed by atoms with Crippen LogP contribution in [0.1, 0.15) is 34.1 Å². The molecular formula is C10H21NO. The average Bonchev–Trinajstić information content (AvgIpc) is 1.98. The van der Waals surface area contributed by atoms with Gasteiger partial charge in [0.25, 0.3) is 0 Å². The van der Waals surface area contributed by atoms with Crippen molar-refractivity contribution >= 4 is 5.78 Å². The van der Waals surface area contributed by atoms with Crippen molar-refractivity contribution in [3.63, 3.8) is 0 Å². The monoisotopic (exact) mass is 171 g/mol. The maximum absolute atomic E-state index is 11.5. The molecule has 1 N–H and O–H groups in total. The van der Waals surface area contributed by atoms with Crippen molar-refractivity contribution in [1.29, 1.82) is 0 Å². The number of nitrogens with one attached hydrogen (secondary N) is 1. The van der Waals surface area contributed by atoms with Crippen LogP contribution < -0.4 is 5.32 Å². The second-order valence-electron chi connectivity index (χ2n) is 4.03. The van der Waals surface area contributed by atoms with Gasteiger partial charge in [-0.25, -0.2) is 0 Å². The predicted molar refractivity (Wildman–Crippen MR) is 52.1 cm³/mol. The number of ketones is 1. The zero-order valence-corrected chi connectivity index (χ0v) is 8.85. The van der Waals surface area contributed by atoms with Crippen LogP contribution in [0.2, 0.25) is 0 Å². The molecule has 1 atom stereocenters. The molecule has 12 heavy (non-hydrogen) atoms. The van der Waals surface area contributed by atoms with Crippen molar-refractivity contribution in [3.05, 3.63) is 0 Å². The topological polar surface area (TPSA) is 29.1 Å². The van der Waals surface area contributed by atoms with E-state index >= 15 is 0 Å². The van der Waals surface area contributed by atoms with Crippen molar-refractivity contribution in [2.24, 2.45) is 11.8 Å². The van der Waals surface area contributed by atoms with Gasteiger partial charge in [0.15, 0.2) is 5.78 Å². The lowest BCUT2D eigenvalue weighted by molar-refractivity contribution is -0.124. The minimum Gasteiger partial charge on any atom is -0.311 e. The molecule has 0 radical (unpaired) electrons. The second kappa shape index (κ2) is 5.31. The molecule has 0 unspecified atom stereocenters. The molecule has 0 aliphatic rings. The highest BCUT2D eigenvalue weighted by Crippen LogP contribution is 2.09. The molecule has 0 aliphatic heterocycles. The Bertz CT molecular complexity index is 141. The Kier molecular flexibility index (Phi) is 5.14. The van der Waals surface area contributed by atoms with E-state index in [4.69, 9.17) is 0 Å². The van der Waals surface area contributed by atoms with E-state index in [1.54, 1.807) is 0 Å². The summed E-state index contributed by atoms with van der Waals surface area (Å²) in [6.07, 6.45) is 0.938. The van der Waals surface area contributed by atoms with Gasteiger partial charge < -0.3 is 5.32 Å². The van der Waals surface area contributed by atoms with Crippen LogP contribution in [-0.2, 0) is 4.79 Å². The summed E-state index contributed by atoms with van der Waals surface area (Å²) in [6.45, 7) is 8.18. The maximum atomic E-state index is 11.5. The van der Waals surface area contributed by atoms with Crippen molar-refractivity contribution in [2.75, 3.05) is 7.05 Å². The minimum absolute atomic E-state index is 0.0463. The molecule has 0 amide bonds. The predicted octanol–water partition coefficient (Wildman–Crippen LogP) is 1.85. The number of Topliss-reactive ketones (excluding diaryl/α,β-unsaturated/α-hetero) is 1. The van der Waals surface area contributed by atoms with Gasteiger partial charge in [0, 0.05) is 5.92 Å². The van der Waals surface area contributed by atoms with Crippen LogP contribution in [0.15, 0.2) is 0 Å². The largest absolute Gasteiger partial charge is 0.311 e. The van der Waals surface area contributed by atoms with E-state index in [0.717, 1.165) is 6.42 Å². The van der Waals surface area contributed by atoms with Crippen LogP contribution in [0.25, 0.3) is 0 Å². The molecule has 2 nitrogen and oxygen atoms in total. The number of carbonyl (C=O) groups excluding carboxylic acids is 1. The van der Waals surface area contributed by atoms with Crippen molar-refractivity contribution in [1.82, 2.24) is 5.32 Å². The molecule has 2 heteroatoms. The highest BCUT2D eigenvalue weighted by Gasteiger charge is 2.19. The van der Waals surface area contributed by atoms with E-state index in [9.17, 15) is 4.79 Å². The van der Waals surface area contributed by atoms with E-state index in [2.05, 4.69) is 19.2 Å². The van der Waals surface area contributed by atoms with Crippen LogP contribution in [0, 0.1) is 11.8 Å². The van der Waals surface area contributed by atoms with Gasteiger partial charge in [-0.1, -0.05) is 27.7 Å². The molecule has 0 saturated heterocycles. The summed E-state index contributed by atoms with van der Waals surface area (Å²) in [5, 5.41) is 3.06. The summed E-state index contributed by atoms with van der Waals surface area (Å²) in [4.78, 5) is 11.5. The number of hydrogen-bond acceptors (Lipinski definition) is 2. The SMILES string of the molecule is CN[C@H](CC(C)C)C(=O)C(C)C. The van der Waals surface area contributed by atoms with Gasteiger partial charge in [0.2, 0.25) is 0 Å². The number of hydrogen-bond donors (Lipinski definition) is 1. The molecule has 0 aromatic heterocycles. The van der Waals surface area contributed by atoms with Crippen molar-refractivity contribution in [2.45, 2.75) is 40.2 Å². The first-order valence-electron chi connectivity index (χ1n) is 4.70. The molecule has 72 valence electrons. The molecule has 0 spiro atoms. The van der Waals surface area contributed by atoms with E-state index in [0.29, 0.717) is 11.7 Å². The molecule has 0 fully saturated rings. The summed E-state index contributed by atoms with van der Waals surface area (Å²) in [7, 11) is 1.85. The first kappa shape index (κ1) is 11.6. The molecule has 0 aromatic rings. The Balaban J connectivity index is 4.06. The zero-order chi connectivity index (χ0) is 9.72. The Hall–Kier alpha value is -0.370. The molecule has 0 rings (SSSR count). The molecule has 0 bridgehead atoms. The van der Waals surface area contributed by atoms with Gasteiger partial charge in [-0.15, -0.1) is 0 Å². The Morgan fingerprint density at radius 3 is 2.00 bits per heavy atom. The van der Waals surface area contributed by atoms with Crippen LogP contribution in [0.5, 0.6) is 0 Å². The third kappa shape index (κ3) is 3.86. The highest BCUT2D eigenvalue weighted by molar-refractivity contribution is 5.85. The van der Waals surface area contributed by atoms with Gasteiger partial charge in [0.05, 0.1) is 6.04 Å². The third-order valence-corrected chi connectivity index (χ3v) is 1.97. The zero-order valence-electron chi connectivity index (χ0n) is 8.85. The first-order chi connectivity index (χ1) is 5.49. The number of carbonyl (C=O) groups is 1. The van der Waals surface area contributed by atoms with Gasteiger partial charge in [-0.3, -0.25) is 4.79 Å². The van der Waals surface area contributed by atoms with E-state index in [1.807, 2.05) is 20.9 Å². The van der Waals surface area contributed by atoms with Crippen LogP contribution >= 0.6 is 0 Å². The van der Waals surface area contributed by atoms with Crippen molar-refractivity contribution < 1.29 is 4.79 Å². The fourth-order valence-corrected chi connectivity index (χ4v) is 1.25. The van der Waals surface area contributed by atoms with Crippen LogP contribution in [-0.4, -0.2) is 18.9 Å². The van der Waals surface area contributed by atoms with Gasteiger partial charge >= 0.3 is 0 Å². The number of likely N-dealkylation sites (N-methyl/N-ethyl adjacent to an activating group) is 1. The summed E-state index contributed by atoms with van der Waals surface area (Å²) in [5.74, 6) is 1.04. The van der Waals surface area contributed by atoms with E-state index in [1.165, 1.54) is 0 Å². The fraction of sp³-hybridized carbons (Fsp3) is 0.900. The number of rotatable bonds is 5.